The van der Waals surface area contributed by atoms with E-state index in [1.165, 1.54) is 0 Å². The molecule has 0 aromatic heterocycles. The first kappa shape index (κ1) is 19.8. The molecule has 10 heteroatoms. The number of aliphatic carboxylic acids is 1. The molecule has 2 fully saturated rings. The molecule has 2 saturated heterocycles. The highest BCUT2D eigenvalue weighted by atomic mass is 16.5. The van der Waals surface area contributed by atoms with Gasteiger partial charge in [-0.15, -0.1) is 0 Å². The molecule has 3 heterocycles. The smallest absolute Gasteiger partial charge is 0.530 e. The molecule has 30 heavy (non-hydrogen) atoms. The Morgan fingerprint density at radius 2 is 2.10 bits per heavy atom. The van der Waals surface area contributed by atoms with E-state index in [0.29, 0.717) is 26.1 Å². The van der Waals surface area contributed by atoms with Crippen molar-refractivity contribution in [2.45, 2.75) is 43.5 Å². The standard InChI is InChI=1S/C20H25BN2O7/c1-20(19(26)27)16(5-3-13-12-2-4-14(12)21(28)30-17(13)20)29-11-8-23(9-11)18(25)15-6-10(24)7-22-15/h2-5,10-12,14-16,22,24,28H,6-9H2,1H3,(H,26,27)/t10-,12-,14-,15+,16?,20?/m1/s1. The molecule has 9 nitrogen and oxygen atoms in total. The number of carbonyl (C=O) groups is 2. The quantitative estimate of drug-likeness (QED) is 0.350. The second-order valence-corrected chi connectivity index (χ2v) is 8.92. The zero-order chi connectivity index (χ0) is 21.2. The van der Waals surface area contributed by atoms with E-state index in [-0.39, 0.29) is 35.5 Å². The first-order valence-corrected chi connectivity index (χ1v) is 10.3. The number of carboxylic acid groups (broad SMARTS) is 1. The van der Waals surface area contributed by atoms with Crippen molar-refractivity contribution >= 4 is 19.0 Å². The lowest BCUT2D eigenvalue weighted by molar-refractivity contribution is -0.169. The topological polar surface area (TPSA) is 129 Å². The number of carboxylic acids is 1. The number of amides is 1. The number of β-amino-alcohol motifs (C(OH)–C–C–N with tert-alkyl or cyclic N) is 1. The largest absolute Gasteiger partial charge is 0.538 e. The Kier molecular flexibility index (Phi) is 4.59. The number of carbonyl (C=O) groups excluding carboxylic acids is 1. The van der Waals surface area contributed by atoms with Gasteiger partial charge in [-0.2, -0.15) is 0 Å². The number of likely N-dealkylation sites (tertiary alicyclic amines) is 1. The van der Waals surface area contributed by atoms with Crippen LogP contribution in [0.2, 0.25) is 5.82 Å². The molecule has 0 aromatic carbocycles. The maximum absolute atomic E-state index is 12.5. The summed E-state index contributed by atoms with van der Waals surface area (Å²) in [6.07, 6.45) is 6.22. The number of rotatable bonds is 4. The number of aliphatic hydroxyl groups excluding tert-OH is 1. The van der Waals surface area contributed by atoms with Crippen LogP contribution in [0.25, 0.3) is 0 Å². The summed E-state index contributed by atoms with van der Waals surface area (Å²) in [6.45, 7) is 2.71. The van der Waals surface area contributed by atoms with Gasteiger partial charge in [0.05, 0.1) is 24.4 Å². The molecule has 0 spiro atoms. The highest BCUT2D eigenvalue weighted by molar-refractivity contribution is 6.47. The first-order valence-electron chi connectivity index (χ1n) is 10.3. The van der Waals surface area contributed by atoms with Crippen LogP contribution in [0.4, 0.5) is 0 Å². The van der Waals surface area contributed by atoms with Crippen molar-refractivity contribution in [1.29, 1.82) is 0 Å². The molecule has 1 amide bonds. The summed E-state index contributed by atoms with van der Waals surface area (Å²) < 4.78 is 11.8. The third-order valence-corrected chi connectivity index (χ3v) is 6.98. The van der Waals surface area contributed by atoms with Crippen LogP contribution in [0.15, 0.2) is 35.6 Å². The molecule has 5 rings (SSSR count). The van der Waals surface area contributed by atoms with E-state index in [0.717, 1.165) is 5.57 Å². The van der Waals surface area contributed by atoms with Gasteiger partial charge in [0.1, 0.15) is 11.2 Å². The molecule has 6 atom stereocenters. The van der Waals surface area contributed by atoms with Crippen LogP contribution in [-0.2, 0) is 19.0 Å². The highest BCUT2D eigenvalue weighted by Gasteiger charge is 2.56. The average Bonchev–Trinajstić information content (AvgIpc) is 3.06. The third-order valence-electron chi connectivity index (χ3n) is 6.98. The fourth-order valence-electron chi connectivity index (χ4n) is 4.91. The van der Waals surface area contributed by atoms with Gasteiger partial charge in [0.2, 0.25) is 5.91 Å². The predicted octanol–water partition coefficient (Wildman–Crippen LogP) is -0.713. The molecule has 2 aliphatic carbocycles. The molecule has 2 unspecified atom stereocenters. The summed E-state index contributed by atoms with van der Waals surface area (Å²) in [5.74, 6) is -1.12. The summed E-state index contributed by atoms with van der Waals surface area (Å²) in [5.41, 5.74) is -0.699. The van der Waals surface area contributed by atoms with Crippen molar-refractivity contribution in [3.63, 3.8) is 0 Å². The van der Waals surface area contributed by atoms with E-state index in [1.807, 2.05) is 18.2 Å². The molecule has 5 aliphatic rings. The Morgan fingerprint density at radius 1 is 1.33 bits per heavy atom. The second-order valence-electron chi connectivity index (χ2n) is 8.92. The fraction of sp³-hybridized carbons (Fsp3) is 0.600. The Hall–Kier alpha value is -2.14. The minimum absolute atomic E-state index is 0.0503. The van der Waals surface area contributed by atoms with E-state index < -0.39 is 30.7 Å². The maximum atomic E-state index is 12.5. The number of hydrogen-bond acceptors (Lipinski definition) is 7. The molecule has 3 aliphatic heterocycles. The monoisotopic (exact) mass is 416 g/mol. The van der Waals surface area contributed by atoms with Crippen LogP contribution in [0.5, 0.6) is 0 Å². The van der Waals surface area contributed by atoms with Crippen LogP contribution in [-0.4, -0.2) is 83.1 Å². The van der Waals surface area contributed by atoms with Crippen molar-refractivity contribution in [2.75, 3.05) is 19.6 Å². The van der Waals surface area contributed by atoms with Gasteiger partial charge in [-0.05, 0) is 18.9 Å². The normalized spacial score (nSPS) is 39.8. The lowest BCUT2D eigenvalue weighted by Gasteiger charge is -2.48. The highest BCUT2D eigenvalue weighted by Crippen LogP contribution is 2.52. The number of aliphatic hydroxyl groups is 1. The van der Waals surface area contributed by atoms with Crippen LogP contribution in [0.3, 0.4) is 0 Å². The fourth-order valence-corrected chi connectivity index (χ4v) is 4.91. The van der Waals surface area contributed by atoms with E-state index in [2.05, 4.69) is 5.32 Å². The molecule has 0 saturated carbocycles. The number of nitrogens with zero attached hydrogens (tertiary/aromatic N) is 1. The Morgan fingerprint density at radius 3 is 2.70 bits per heavy atom. The Bertz CT molecular complexity index is 867. The van der Waals surface area contributed by atoms with Crippen molar-refractivity contribution in [1.82, 2.24) is 10.2 Å². The van der Waals surface area contributed by atoms with Gasteiger partial charge in [0.25, 0.3) is 0 Å². The van der Waals surface area contributed by atoms with Gasteiger partial charge in [-0.25, -0.2) is 0 Å². The minimum Gasteiger partial charge on any atom is -0.538 e. The zero-order valence-electron chi connectivity index (χ0n) is 16.6. The molecule has 0 radical (unpaired) electrons. The van der Waals surface area contributed by atoms with E-state index in [1.54, 1.807) is 17.9 Å². The van der Waals surface area contributed by atoms with Gasteiger partial charge in [-0.3, -0.25) is 9.59 Å². The van der Waals surface area contributed by atoms with Gasteiger partial charge in [0, 0.05) is 31.4 Å². The number of ether oxygens (including phenoxy) is 1. The SMILES string of the molecule is CC1(C(=O)O)C2=C(C=CC1OC1CN(C(=O)[C@@H]3C[C@@H](O)CN3)C1)[C@H]1C=C[C@H]1B(O)O2. The van der Waals surface area contributed by atoms with E-state index in [4.69, 9.17) is 9.39 Å². The van der Waals surface area contributed by atoms with Crippen molar-refractivity contribution in [3.05, 3.63) is 35.6 Å². The van der Waals surface area contributed by atoms with Crippen molar-refractivity contribution in [2.24, 2.45) is 11.3 Å². The molecule has 160 valence electrons. The van der Waals surface area contributed by atoms with Crippen molar-refractivity contribution < 1.29 is 34.2 Å². The Labute approximate surface area is 174 Å². The molecular formula is C20H25BN2O7. The molecule has 0 bridgehead atoms. The van der Waals surface area contributed by atoms with Crippen molar-refractivity contribution in [3.8, 4) is 0 Å². The van der Waals surface area contributed by atoms with Gasteiger partial charge >= 0.3 is 13.1 Å². The number of hydrogen-bond donors (Lipinski definition) is 4. The van der Waals surface area contributed by atoms with Crippen LogP contribution in [0.1, 0.15) is 13.3 Å². The first-order chi connectivity index (χ1) is 14.3. The summed E-state index contributed by atoms with van der Waals surface area (Å²) in [7, 11) is -1.07. The minimum atomic E-state index is -1.47. The average molecular weight is 416 g/mol. The zero-order valence-corrected chi connectivity index (χ0v) is 16.6. The van der Waals surface area contributed by atoms with Gasteiger partial charge in [-0.1, -0.05) is 24.3 Å². The second kappa shape index (κ2) is 6.95. The van der Waals surface area contributed by atoms with Crippen LogP contribution < -0.4 is 5.32 Å². The third kappa shape index (κ3) is 2.85. The number of allylic oxidation sites excluding steroid dienone is 4. The van der Waals surface area contributed by atoms with Crippen LogP contribution in [0, 0.1) is 11.3 Å². The summed E-state index contributed by atoms with van der Waals surface area (Å²) in [5, 5.41) is 32.9. The van der Waals surface area contributed by atoms with Gasteiger partial charge in [0.15, 0.2) is 0 Å². The summed E-state index contributed by atoms with van der Waals surface area (Å²) >= 11 is 0. The predicted molar refractivity (Wildman–Crippen MR) is 105 cm³/mol. The number of nitrogens with one attached hydrogen (secondary N) is 1. The summed E-state index contributed by atoms with van der Waals surface area (Å²) in [6, 6.07) is -0.381. The lowest BCUT2D eigenvalue weighted by atomic mass is 9.53. The van der Waals surface area contributed by atoms with E-state index in [9.17, 15) is 24.8 Å². The number of fused-ring (bicyclic) bond motifs is 2. The molecule has 4 N–H and O–H groups in total. The Balaban J connectivity index is 1.28. The van der Waals surface area contributed by atoms with E-state index >= 15 is 0 Å². The maximum Gasteiger partial charge on any atom is 0.530 e. The molecular weight excluding hydrogens is 391 g/mol. The lowest BCUT2D eigenvalue weighted by Crippen LogP contribution is -2.61. The van der Waals surface area contributed by atoms with Crippen LogP contribution >= 0.6 is 0 Å². The van der Waals surface area contributed by atoms with Gasteiger partial charge < -0.3 is 34.8 Å². The molecule has 0 aromatic rings. The summed E-state index contributed by atoms with van der Waals surface area (Å²) in [4.78, 5) is 26.4.